The molecule has 1 heterocycles. The summed E-state index contributed by atoms with van der Waals surface area (Å²) in [6.45, 7) is 0. The molecule has 17 heavy (non-hydrogen) atoms. The van der Waals surface area contributed by atoms with Crippen molar-refractivity contribution in [2.24, 2.45) is 7.05 Å². The lowest BCUT2D eigenvalue weighted by atomic mass is 10.1. The Morgan fingerprint density at radius 3 is 2.71 bits per heavy atom. The third-order valence-electron chi connectivity index (χ3n) is 2.96. The van der Waals surface area contributed by atoms with Gasteiger partial charge in [0, 0.05) is 7.05 Å². The van der Waals surface area contributed by atoms with Crippen molar-refractivity contribution in [1.82, 2.24) is 19.8 Å². The predicted octanol–water partition coefficient (Wildman–Crippen LogP) is 0.982. The molecule has 0 atom stereocenters. The highest BCUT2D eigenvalue weighted by atomic mass is 19.1. The zero-order valence-corrected chi connectivity index (χ0v) is 9.30. The molecule has 3 rings (SSSR count). The highest BCUT2D eigenvalue weighted by molar-refractivity contribution is 5.44. The quantitative estimate of drug-likeness (QED) is 0.778. The first-order valence-corrected chi connectivity index (χ1v) is 5.45. The molecule has 1 saturated carbocycles. The van der Waals surface area contributed by atoms with Crippen LogP contribution in [0.2, 0.25) is 0 Å². The molecule has 1 aromatic heterocycles. The lowest BCUT2D eigenvalue weighted by molar-refractivity contribution is 0.623. The molecule has 1 aromatic carbocycles. The number of rotatable bonds is 2. The summed E-state index contributed by atoms with van der Waals surface area (Å²) in [6, 6.07) is 4.40. The fraction of sp³-hybridized carbons (Fsp3) is 0.364. The summed E-state index contributed by atoms with van der Waals surface area (Å²) in [7, 11) is 1.53. The minimum Gasteiger partial charge on any atom is -0.244 e. The number of benzene rings is 1. The van der Waals surface area contributed by atoms with Crippen molar-refractivity contribution in [2.45, 2.75) is 18.8 Å². The normalized spacial score (nSPS) is 15.2. The topological polar surface area (TPSA) is 52.7 Å². The van der Waals surface area contributed by atoms with Gasteiger partial charge in [0.15, 0.2) is 0 Å². The lowest BCUT2D eigenvalue weighted by Crippen LogP contribution is -2.22. The molecule has 1 aliphatic carbocycles. The van der Waals surface area contributed by atoms with Crippen LogP contribution in [0.25, 0.3) is 5.69 Å². The molecular weight excluding hydrogens is 223 g/mol. The van der Waals surface area contributed by atoms with E-state index in [0.717, 1.165) is 23.1 Å². The standard InChI is InChI=1S/C11H11FN4O/c1-15-11(17)16(14-13-15)10-5-4-8(12)6-9(10)7-2-3-7/h4-7H,2-3H2,1H3. The van der Waals surface area contributed by atoms with E-state index in [1.54, 1.807) is 6.07 Å². The van der Waals surface area contributed by atoms with Crippen LogP contribution in [0, 0.1) is 5.82 Å². The van der Waals surface area contributed by atoms with Crippen LogP contribution >= 0.6 is 0 Å². The second kappa shape index (κ2) is 3.51. The first-order valence-electron chi connectivity index (χ1n) is 5.45. The molecule has 2 aromatic rings. The largest absolute Gasteiger partial charge is 0.368 e. The molecule has 0 radical (unpaired) electrons. The molecule has 88 valence electrons. The van der Waals surface area contributed by atoms with Crippen molar-refractivity contribution in [3.8, 4) is 5.69 Å². The zero-order valence-electron chi connectivity index (χ0n) is 9.30. The summed E-state index contributed by atoms with van der Waals surface area (Å²) in [5.74, 6) is 0.0576. The molecule has 0 unspecified atom stereocenters. The van der Waals surface area contributed by atoms with Gasteiger partial charge in [-0.05, 0) is 52.9 Å². The van der Waals surface area contributed by atoms with Gasteiger partial charge in [-0.2, -0.15) is 9.36 Å². The Kier molecular flexibility index (Phi) is 2.10. The fourth-order valence-electron chi connectivity index (χ4n) is 1.90. The molecule has 0 spiro atoms. The summed E-state index contributed by atoms with van der Waals surface area (Å²) in [4.78, 5) is 11.8. The van der Waals surface area contributed by atoms with Gasteiger partial charge in [-0.25, -0.2) is 9.18 Å². The Morgan fingerprint density at radius 2 is 2.12 bits per heavy atom. The summed E-state index contributed by atoms with van der Waals surface area (Å²) in [5, 5.41) is 7.44. The maximum atomic E-state index is 13.2. The van der Waals surface area contributed by atoms with Crippen LogP contribution in [-0.4, -0.2) is 19.8 Å². The maximum absolute atomic E-state index is 13.2. The molecule has 0 aliphatic heterocycles. The average molecular weight is 234 g/mol. The Morgan fingerprint density at radius 1 is 1.35 bits per heavy atom. The van der Waals surface area contributed by atoms with Crippen molar-refractivity contribution >= 4 is 0 Å². The Balaban J connectivity index is 2.20. The van der Waals surface area contributed by atoms with Crippen LogP contribution in [0.5, 0.6) is 0 Å². The van der Waals surface area contributed by atoms with Gasteiger partial charge in [0.05, 0.1) is 5.69 Å². The van der Waals surface area contributed by atoms with E-state index >= 15 is 0 Å². The number of hydrogen-bond donors (Lipinski definition) is 0. The Labute approximate surface area is 96.5 Å². The molecule has 1 fully saturated rings. The number of halogens is 1. The number of aromatic nitrogens is 4. The molecule has 0 amide bonds. The highest BCUT2D eigenvalue weighted by Gasteiger charge is 2.28. The summed E-state index contributed by atoms with van der Waals surface area (Å²) in [5.41, 5.74) is 1.15. The first-order chi connectivity index (χ1) is 8.16. The molecule has 1 aliphatic rings. The minimum atomic E-state index is -0.321. The number of hydrogen-bond acceptors (Lipinski definition) is 3. The summed E-state index contributed by atoms with van der Waals surface area (Å²) >= 11 is 0. The van der Waals surface area contributed by atoms with Crippen LogP contribution in [0.1, 0.15) is 24.3 Å². The summed E-state index contributed by atoms with van der Waals surface area (Å²) in [6.07, 6.45) is 2.07. The molecule has 0 bridgehead atoms. The van der Waals surface area contributed by atoms with E-state index in [4.69, 9.17) is 0 Å². The second-order valence-corrected chi connectivity index (χ2v) is 4.27. The Hall–Kier alpha value is -1.98. The van der Waals surface area contributed by atoms with Crippen LogP contribution in [-0.2, 0) is 7.05 Å². The van der Waals surface area contributed by atoms with E-state index in [-0.39, 0.29) is 11.5 Å². The zero-order chi connectivity index (χ0) is 12.0. The monoisotopic (exact) mass is 234 g/mol. The smallest absolute Gasteiger partial charge is 0.244 e. The Bertz CT molecular complexity index is 627. The third kappa shape index (κ3) is 1.65. The van der Waals surface area contributed by atoms with Gasteiger partial charge in [-0.15, -0.1) is 0 Å². The van der Waals surface area contributed by atoms with Crippen molar-refractivity contribution in [3.63, 3.8) is 0 Å². The highest BCUT2D eigenvalue weighted by Crippen LogP contribution is 2.42. The van der Waals surface area contributed by atoms with Gasteiger partial charge in [-0.3, -0.25) is 0 Å². The van der Waals surface area contributed by atoms with E-state index in [1.807, 2.05) is 0 Å². The van der Waals surface area contributed by atoms with Gasteiger partial charge in [0.25, 0.3) is 0 Å². The van der Waals surface area contributed by atoms with Crippen LogP contribution in [0.15, 0.2) is 23.0 Å². The number of tetrazole rings is 1. The third-order valence-corrected chi connectivity index (χ3v) is 2.96. The molecule has 5 nitrogen and oxygen atoms in total. The second-order valence-electron chi connectivity index (χ2n) is 4.27. The van der Waals surface area contributed by atoms with E-state index in [2.05, 4.69) is 10.4 Å². The maximum Gasteiger partial charge on any atom is 0.368 e. The van der Waals surface area contributed by atoms with Crippen molar-refractivity contribution < 1.29 is 4.39 Å². The van der Waals surface area contributed by atoms with Gasteiger partial charge in [0.1, 0.15) is 5.82 Å². The predicted molar refractivity (Wildman–Crippen MR) is 58.5 cm³/mol. The van der Waals surface area contributed by atoms with Gasteiger partial charge < -0.3 is 0 Å². The fourth-order valence-corrected chi connectivity index (χ4v) is 1.90. The van der Waals surface area contributed by atoms with E-state index in [0.29, 0.717) is 11.6 Å². The van der Waals surface area contributed by atoms with Crippen molar-refractivity contribution in [1.29, 1.82) is 0 Å². The molecule has 6 heteroatoms. The van der Waals surface area contributed by atoms with E-state index in [1.165, 1.54) is 23.9 Å². The van der Waals surface area contributed by atoms with Crippen LogP contribution in [0.4, 0.5) is 4.39 Å². The SMILES string of the molecule is Cn1nnn(-c2ccc(F)cc2C2CC2)c1=O. The van der Waals surface area contributed by atoms with Gasteiger partial charge >= 0.3 is 5.69 Å². The number of nitrogens with zero attached hydrogens (tertiary/aromatic N) is 4. The van der Waals surface area contributed by atoms with E-state index in [9.17, 15) is 9.18 Å². The van der Waals surface area contributed by atoms with Crippen molar-refractivity contribution in [3.05, 3.63) is 40.1 Å². The lowest BCUT2D eigenvalue weighted by Gasteiger charge is -2.06. The summed E-state index contributed by atoms with van der Waals surface area (Å²) < 4.78 is 15.6. The molecular formula is C11H11FN4O. The van der Waals surface area contributed by atoms with Gasteiger partial charge in [0.2, 0.25) is 0 Å². The van der Waals surface area contributed by atoms with Crippen molar-refractivity contribution in [2.75, 3.05) is 0 Å². The van der Waals surface area contributed by atoms with Crippen LogP contribution in [0.3, 0.4) is 0 Å². The number of aryl methyl sites for hydroxylation is 1. The molecule has 0 saturated heterocycles. The van der Waals surface area contributed by atoms with Gasteiger partial charge in [-0.1, -0.05) is 0 Å². The minimum absolute atomic E-state index is 0.285. The first kappa shape index (κ1) is 10.2. The van der Waals surface area contributed by atoms with Crippen LogP contribution < -0.4 is 5.69 Å². The average Bonchev–Trinajstić information content (AvgIpc) is 3.09. The molecule has 0 N–H and O–H groups in total. The van der Waals surface area contributed by atoms with E-state index < -0.39 is 0 Å².